The molecule has 1 aliphatic carbocycles. The lowest BCUT2D eigenvalue weighted by atomic mass is 9.92. The van der Waals surface area contributed by atoms with Crippen LogP contribution in [0.2, 0.25) is 0 Å². The lowest BCUT2D eigenvalue weighted by molar-refractivity contribution is 0.476. The molecule has 112 valence electrons. The molecule has 0 radical (unpaired) electrons. The molecule has 1 saturated carbocycles. The van der Waals surface area contributed by atoms with E-state index < -0.39 is 0 Å². The van der Waals surface area contributed by atoms with E-state index >= 15 is 0 Å². The van der Waals surface area contributed by atoms with Gasteiger partial charge in [0.1, 0.15) is 0 Å². The third-order valence-corrected chi connectivity index (χ3v) is 3.89. The molecule has 0 atom stereocenters. The predicted molar refractivity (Wildman–Crippen MR) is 97.2 cm³/mol. The minimum Gasteiger partial charge on any atom is -0.349 e. The second kappa shape index (κ2) is 6.78. The lowest BCUT2D eigenvalue weighted by Gasteiger charge is -2.24. The molecule has 0 spiro atoms. The number of rotatable bonds is 3. The molecule has 0 saturated heterocycles. The zero-order valence-electron chi connectivity index (χ0n) is 13.2. The third kappa shape index (κ3) is 3.65. The summed E-state index contributed by atoms with van der Waals surface area (Å²) in [5.41, 5.74) is 3.17. The molecule has 0 aromatic heterocycles. The Balaban J connectivity index is 0.00000200. The first-order valence-electron chi connectivity index (χ1n) is 6.91. The Hall–Kier alpha value is -0.780. The summed E-state index contributed by atoms with van der Waals surface area (Å²) in [4.78, 5) is 9.00. The fraction of sp³-hybridized carbons (Fsp3) is 0.562. The number of halogens is 1. The molecule has 2 rings (SSSR count). The van der Waals surface area contributed by atoms with Crippen molar-refractivity contribution in [3.8, 4) is 0 Å². The van der Waals surface area contributed by atoms with Crippen molar-refractivity contribution < 1.29 is 0 Å². The van der Waals surface area contributed by atoms with Crippen LogP contribution in [-0.2, 0) is 5.41 Å². The highest BCUT2D eigenvalue weighted by molar-refractivity contribution is 14.0. The van der Waals surface area contributed by atoms with Gasteiger partial charge >= 0.3 is 0 Å². The van der Waals surface area contributed by atoms with Gasteiger partial charge in [-0.3, -0.25) is 4.99 Å². The van der Waals surface area contributed by atoms with Gasteiger partial charge in [-0.25, -0.2) is 0 Å². The summed E-state index contributed by atoms with van der Waals surface area (Å²) < 4.78 is 0. The smallest absolute Gasteiger partial charge is 0.195 e. The quantitative estimate of drug-likeness (QED) is 0.451. The first kappa shape index (κ1) is 17.3. The molecule has 4 heteroatoms. The van der Waals surface area contributed by atoms with Crippen LogP contribution in [0, 0.1) is 6.92 Å². The number of aliphatic imine (C=N–C) groups is 1. The fourth-order valence-corrected chi connectivity index (χ4v) is 2.74. The highest BCUT2D eigenvalue weighted by Crippen LogP contribution is 2.49. The second-order valence-corrected chi connectivity index (χ2v) is 6.00. The second-order valence-electron chi connectivity index (χ2n) is 6.00. The summed E-state index contributed by atoms with van der Waals surface area (Å²) >= 11 is 0. The number of benzene rings is 1. The largest absolute Gasteiger partial charge is 0.349 e. The summed E-state index contributed by atoms with van der Waals surface area (Å²) in [5, 5.41) is 0. The lowest BCUT2D eigenvalue weighted by Crippen LogP contribution is -2.36. The van der Waals surface area contributed by atoms with Gasteiger partial charge < -0.3 is 9.80 Å². The van der Waals surface area contributed by atoms with Gasteiger partial charge in [0, 0.05) is 33.6 Å². The van der Waals surface area contributed by atoms with E-state index in [0.717, 1.165) is 12.5 Å². The number of aryl methyl sites for hydroxylation is 1. The molecule has 1 fully saturated rings. The van der Waals surface area contributed by atoms with E-state index in [2.05, 4.69) is 41.0 Å². The van der Waals surface area contributed by atoms with Crippen LogP contribution in [0.25, 0.3) is 0 Å². The molecule has 20 heavy (non-hydrogen) atoms. The standard InChI is InChI=1S/C16H25N3.HI/c1-13-8-6-7-9-14(13)16(10-11-16)12-17-15(18(2)3)19(4)5;/h6-9H,10-12H2,1-5H3;1H. The summed E-state index contributed by atoms with van der Waals surface area (Å²) in [6.45, 7) is 3.10. The van der Waals surface area contributed by atoms with Crippen molar-refractivity contribution in [3.05, 3.63) is 35.4 Å². The molecule has 1 aromatic carbocycles. The van der Waals surface area contributed by atoms with E-state index in [9.17, 15) is 0 Å². The van der Waals surface area contributed by atoms with Gasteiger partial charge in [-0.05, 0) is 30.9 Å². The maximum Gasteiger partial charge on any atom is 0.195 e. The average Bonchev–Trinajstić information content (AvgIpc) is 3.10. The summed E-state index contributed by atoms with van der Waals surface area (Å²) in [7, 11) is 8.19. The van der Waals surface area contributed by atoms with Crippen LogP contribution >= 0.6 is 24.0 Å². The number of guanidine groups is 1. The van der Waals surface area contributed by atoms with Crippen molar-refractivity contribution in [1.82, 2.24) is 9.80 Å². The van der Waals surface area contributed by atoms with E-state index in [-0.39, 0.29) is 24.0 Å². The van der Waals surface area contributed by atoms with Crippen molar-refractivity contribution in [2.24, 2.45) is 4.99 Å². The van der Waals surface area contributed by atoms with Crippen LogP contribution in [0.15, 0.2) is 29.3 Å². The minimum absolute atomic E-state index is 0. The van der Waals surface area contributed by atoms with Gasteiger partial charge in [0.15, 0.2) is 5.96 Å². The van der Waals surface area contributed by atoms with Crippen LogP contribution in [0.5, 0.6) is 0 Å². The van der Waals surface area contributed by atoms with E-state index in [1.165, 1.54) is 24.0 Å². The van der Waals surface area contributed by atoms with Gasteiger partial charge in [0.2, 0.25) is 0 Å². The van der Waals surface area contributed by atoms with Crippen LogP contribution in [-0.4, -0.2) is 50.5 Å². The number of hydrogen-bond acceptors (Lipinski definition) is 1. The Morgan fingerprint density at radius 3 is 2.10 bits per heavy atom. The van der Waals surface area contributed by atoms with Crippen LogP contribution in [0.3, 0.4) is 0 Å². The number of nitrogens with zero attached hydrogens (tertiary/aromatic N) is 3. The van der Waals surface area contributed by atoms with Crippen molar-refractivity contribution in [2.45, 2.75) is 25.2 Å². The molecule has 1 aliphatic rings. The van der Waals surface area contributed by atoms with Crippen LogP contribution in [0.4, 0.5) is 0 Å². The molecule has 0 bridgehead atoms. The van der Waals surface area contributed by atoms with Crippen LogP contribution < -0.4 is 0 Å². The highest BCUT2D eigenvalue weighted by atomic mass is 127. The Labute approximate surface area is 140 Å². The molecule has 0 amide bonds. The predicted octanol–water partition coefficient (Wildman–Crippen LogP) is 3.12. The Bertz CT molecular complexity index is 466. The molecule has 1 aromatic rings. The van der Waals surface area contributed by atoms with Crippen molar-refractivity contribution in [3.63, 3.8) is 0 Å². The molecule has 0 heterocycles. The summed E-state index contributed by atoms with van der Waals surface area (Å²) in [6, 6.07) is 8.73. The van der Waals surface area contributed by atoms with Crippen molar-refractivity contribution in [2.75, 3.05) is 34.7 Å². The maximum atomic E-state index is 4.84. The van der Waals surface area contributed by atoms with Crippen molar-refractivity contribution >= 4 is 29.9 Å². The first-order chi connectivity index (χ1) is 8.96. The summed E-state index contributed by atoms with van der Waals surface area (Å²) in [5.74, 6) is 1.04. The van der Waals surface area contributed by atoms with E-state index in [4.69, 9.17) is 4.99 Å². The van der Waals surface area contributed by atoms with Crippen LogP contribution in [0.1, 0.15) is 24.0 Å². The first-order valence-corrected chi connectivity index (χ1v) is 6.91. The molecule has 0 aliphatic heterocycles. The Morgan fingerprint density at radius 1 is 1.10 bits per heavy atom. The summed E-state index contributed by atoms with van der Waals surface area (Å²) in [6.07, 6.45) is 2.52. The number of hydrogen-bond donors (Lipinski definition) is 0. The molecule has 0 N–H and O–H groups in total. The van der Waals surface area contributed by atoms with Gasteiger partial charge in [0.05, 0.1) is 6.54 Å². The third-order valence-electron chi connectivity index (χ3n) is 3.89. The highest BCUT2D eigenvalue weighted by Gasteiger charge is 2.44. The fourth-order valence-electron chi connectivity index (χ4n) is 2.74. The van der Waals surface area contributed by atoms with Gasteiger partial charge in [-0.15, -0.1) is 24.0 Å². The zero-order valence-corrected chi connectivity index (χ0v) is 15.5. The van der Waals surface area contributed by atoms with Gasteiger partial charge in [-0.1, -0.05) is 24.3 Å². The topological polar surface area (TPSA) is 18.8 Å². The van der Waals surface area contributed by atoms with E-state index in [0.29, 0.717) is 5.41 Å². The molecule has 3 nitrogen and oxygen atoms in total. The van der Waals surface area contributed by atoms with Crippen molar-refractivity contribution in [1.29, 1.82) is 0 Å². The normalized spacial score (nSPS) is 15.1. The van der Waals surface area contributed by atoms with Gasteiger partial charge in [0.25, 0.3) is 0 Å². The van der Waals surface area contributed by atoms with E-state index in [1.54, 1.807) is 0 Å². The monoisotopic (exact) mass is 387 g/mol. The maximum absolute atomic E-state index is 4.84. The molecular formula is C16H26IN3. The molecular weight excluding hydrogens is 361 g/mol. The minimum atomic E-state index is 0. The molecule has 0 unspecified atom stereocenters. The zero-order chi connectivity index (χ0) is 14.0. The Morgan fingerprint density at radius 2 is 1.65 bits per heavy atom. The Kier molecular flexibility index (Phi) is 5.86. The van der Waals surface area contributed by atoms with E-state index in [1.807, 2.05) is 28.2 Å². The SMILES string of the molecule is Cc1ccccc1C1(CN=C(N(C)C)N(C)C)CC1.I. The van der Waals surface area contributed by atoms with Gasteiger partial charge in [-0.2, -0.15) is 0 Å². The average molecular weight is 387 g/mol.